The molecule has 28 heavy (non-hydrogen) atoms. The lowest BCUT2D eigenvalue weighted by Gasteiger charge is -2.38. The molecular weight excluding hydrogens is 414 g/mol. The number of nitrogens with two attached hydrogens (primary N) is 2. The van der Waals surface area contributed by atoms with Crippen LogP contribution in [-0.2, 0) is 19.9 Å². The number of aliphatic hydroxyl groups excluding tert-OH is 4. The molecule has 0 aromatic carbocycles. The van der Waals surface area contributed by atoms with Crippen LogP contribution in [0.5, 0.6) is 0 Å². The van der Waals surface area contributed by atoms with Crippen molar-refractivity contribution in [3.8, 4) is 0 Å². The number of primary amides is 1. The summed E-state index contributed by atoms with van der Waals surface area (Å²) in [5, 5.41) is 42.1. The number of nitrogens with one attached hydrogen (secondary N) is 3. The molecule has 17 nitrogen and oxygen atoms in total. The molecule has 1 unspecified atom stereocenters. The van der Waals surface area contributed by atoms with Crippen LogP contribution in [0.25, 0.3) is 0 Å². The first-order chi connectivity index (χ1) is 12.7. The van der Waals surface area contributed by atoms with Gasteiger partial charge in [0.05, 0.1) is 12.6 Å². The van der Waals surface area contributed by atoms with Crippen molar-refractivity contribution in [2.45, 2.75) is 36.8 Å². The number of ether oxygens (including phenoxy) is 1. The second-order valence-corrected chi connectivity index (χ2v) is 6.05. The van der Waals surface area contributed by atoms with Crippen molar-refractivity contribution < 1.29 is 57.1 Å². The van der Waals surface area contributed by atoms with Gasteiger partial charge in [-0.3, -0.25) is 19.2 Å². The molecule has 5 amide bonds. The van der Waals surface area contributed by atoms with Gasteiger partial charge in [0.15, 0.2) is 12.5 Å². The molecule has 0 bridgehead atoms. The van der Waals surface area contributed by atoms with Gasteiger partial charge in [0.1, 0.15) is 18.3 Å². The minimum atomic E-state index is -4.67. The van der Waals surface area contributed by atoms with Crippen molar-refractivity contribution in [1.82, 2.24) is 16.0 Å². The smallest absolute Gasteiger partial charge is 0.394 e. The van der Waals surface area contributed by atoms with Crippen LogP contribution in [0.15, 0.2) is 0 Å². The van der Waals surface area contributed by atoms with E-state index in [0.29, 0.717) is 0 Å². The zero-order chi connectivity index (χ0) is 22.2. The minimum Gasteiger partial charge on any atom is -0.394 e. The second-order valence-electron chi connectivity index (χ2n) is 5.16. The summed E-state index contributed by atoms with van der Waals surface area (Å²) in [7, 11) is -4.67. The molecule has 0 saturated carbocycles. The fourth-order valence-electron chi connectivity index (χ4n) is 1.78. The summed E-state index contributed by atoms with van der Waals surface area (Å²) in [5.41, 5.74) is 9.96. The maximum atomic E-state index is 10.7. The topological polar surface area (TPSA) is 304 Å². The average Bonchev–Trinajstić information content (AvgIpc) is 2.84. The number of rotatable bonds is 2. The highest BCUT2D eigenvalue weighted by molar-refractivity contribution is 7.79. The number of urea groups is 2. The van der Waals surface area contributed by atoms with Gasteiger partial charge in [0.25, 0.3) is 5.91 Å². The summed E-state index contributed by atoms with van der Waals surface area (Å²) in [6.45, 7) is -0.470. The Balaban J connectivity index is 0.000000424. The Kier molecular flexibility index (Phi) is 10.1. The highest BCUT2D eigenvalue weighted by atomic mass is 32.3. The van der Waals surface area contributed by atoms with Crippen molar-refractivity contribution in [2.75, 3.05) is 6.61 Å². The summed E-state index contributed by atoms with van der Waals surface area (Å²) >= 11 is 0. The molecule has 18 heteroatoms. The first-order valence-electron chi connectivity index (χ1n) is 7.10. The van der Waals surface area contributed by atoms with Crippen LogP contribution in [-0.4, -0.2) is 99.3 Å². The molecule has 6 atom stereocenters. The van der Waals surface area contributed by atoms with Crippen LogP contribution in [0, 0.1) is 0 Å². The van der Waals surface area contributed by atoms with Gasteiger partial charge in [-0.25, -0.2) is 9.59 Å². The Bertz CT molecular complexity index is 646. The van der Waals surface area contributed by atoms with E-state index in [1.165, 1.54) is 0 Å². The lowest BCUT2D eigenvalue weighted by molar-refractivity contribution is -0.248. The van der Waals surface area contributed by atoms with Crippen LogP contribution < -0.4 is 27.4 Å². The SMILES string of the molecule is NC(=O)NC1NC(=O)NC1=O.N[C@@H]1[C@@H](O)[C@H](O)[C@@H](CO)O[C@H]1O.O=S(=O)(O)O. The normalized spacial score (nSPS) is 32.0. The third-order valence-electron chi connectivity index (χ3n) is 3.01. The number of hydrogen-bond donors (Lipinski definition) is 11. The standard InChI is InChI=1S/C6H13NO5.C4H6N4O3.H2O4S/c7-3-5(10)4(9)2(1-8)12-6(3)11;5-3(10)6-1-2(9)8-4(11)7-1;1-5(2,3)4/h2-6,8-11H,1,7H2;1H,(H3,5,6,10)(H2,7,8,9,11);(H2,1,2,3,4)/t2-,3-,4-,5-,6-;;/m1../s1. The number of hydrogen-bond acceptors (Lipinski definition) is 11. The first-order valence-corrected chi connectivity index (χ1v) is 8.50. The molecule has 2 heterocycles. The molecule has 2 aliphatic rings. The van der Waals surface area contributed by atoms with E-state index in [4.69, 9.17) is 43.9 Å². The molecule has 0 aromatic heterocycles. The van der Waals surface area contributed by atoms with Crippen LogP contribution in [0.1, 0.15) is 0 Å². The predicted molar refractivity (Wildman–Crippen MR) is 85.3 cm³/mol. The van der Waals surface area contributed by atoms with Gasteiger partial charge in [-0.2, -0.15) is 8.42 Å². The van der Waals surface area contributed by atoms with Crippen molar-refractivity contribution in [3.63, 3.8) is 0 Å². The van der Waals surface area contributed by atoms with E-state index in [-0.39, 0.29) is 0 Å². The Labute approximate surface area is 157 Å². The van der Waals surface area contributed by atoms with Gasteiger partial charge in [0.2, 0.25) is 0 Å². The van der Waals surface area contributed by atoms with Gasteiger partial charge in [-0.15, -0.1) is 0 Å². The lowest BCUT2D eigenvalue weighted by Crippen LogP contribution is -2.61. The predicted octanol–water partition coefficient (Wildman–Crippen LogP) is -6.09. The van der Waals surface area contributed by atoms with Gasteiger partial charge in [-0.05, 0) is 0 Å². The first kappa shape index (κ1) is 25.8. The van der Waals surface area contributed by atoms with E-state index in [1.807, 2.05) is 10.6 Å². The Morgan fingerprint density at radius 2 is 1.68 bits per heavy atom. The highest BCUT2D eigenvalue weighted by Crippen LogP contribution is 2.17. The monoisotopic (exact) mass is 435 g/mol. The van der Waals surface area contributed by atoms with Crippen molar-refractivity contribution in [3.05, 3.63) is 0 Å². The summed E-state index contributed by atoms with van der Waals surface area (Å²) in [5.74, 6) is -0.617. The van der Waals surface area contributed by atoms with E-state index >= 15 is 0 Å². The summed E-state index contributed by atoms with van der Waals surface area (Å²) in [4.78, 5) is 31.3. The highest BCUT2D eigenvalue weighted by Gasteiger charge is 2.41. The van der Waals surface area contributed by atoms with Crippen LogP contribution in [0.2, 0.25) is 0 Å². The molecule has 0 spiro atoms. The number of imide groups is 1. The van der Waals surface area contributed by atoms with Crippen LogP contribution in [0.4, 0.5) is 9.59 Å². The number of carbonyl (C=O) groups is 3. The van der Waals surface area contributed by atoms with Crippen molar-refractivity contribution in [2.24, 2.45) is 11.5 Å². The largest absolute Gasteiger partial charge is 0.394 e. The summed E-state index contributed by atoms with van der Waals surface area (Å²) in [6.07, 6.45) is -5.89. The maximum Gasteiger partial charge on any atom is 0.394 e. The van der Waals surface area contributed by atoms with E-state index < -0.39 is 71.8 Å². The Morgan fingerprint density at radius 1 is 1.18 bits per heavy atom. The van der Waals surface area contributed by atoms with Gasteiger partial charge >= 0.3 is 22.5 Å². The number of amides is 5. The molecule has 2 aliphatic heterocycles. The van der Waals surface area contributed by atoms with Crippen LogP contribution >= 0.6 is 0 Å². The molecule has 0 aromatic rings. The third-order valence-corrected chi connectivity index (χ3v) is 3.01. The number of carbonyl (C=O) groups excluding carboxylic acids is 3. The molecule has 2 rings (SSSR count). The van der Waals surface area contributed by atoms with Crippen LogP contribution in [0.3, 0.4) is 0 Å². The molecule has 2 fully saturated rings. The maximum absolute atomic E-state index is 10.7. The van der Waals surface area contributed by atoms with Gasteiger partial charge in [-0.1, -0.05) is 0 Å². The Hall–Kier alpha value is -2.16. The lowest BCUT2D eigenvalue weighted by atomic mass is 9.98. The zero-order valence-electron chi connectivity index (χ0n) is 13.9. The van der Waals surface area contributed by atoms with E-state index in [0.717, 1.165) is 0 Å². The molecular formula is C10H21N5O12S. The van der Waals surface area contributed by atoms with Gasteiger partial charge < -0.3 is 47.3 Å². The summed E-state index contributed by atoms with van der Waals surface area (Å²) in [6, 6.07) is -2.55. The fourth-order valence-corrected chi connectivity index (χ4v) is 1.78. The quantitative estimate of drug-likeness (QED) is 0.142. The second kappa shape index (κ2) is 11.0. The van der Waals surface area contributed by atoms with E-state index in [9.17, 15) is 24.6 Å². The Morgan fingerprint density at radius 3 is 2.04 bits per heavy atom. The van der Waals surface area contributed by atoms with Crippen molar-refractivity contribution >= 4 is 28.4 Å². The third kappa shape index (κ3) is 9.68. The minimum absolute atomic E-state index is 0.470. The molecule has 2 saturated heterocycles. The number of aliphatic hydroxyl groups is 4. The molecule has 0 radical (unpaired) electrons. The fraction of sp³-hybridized carbons (Fsp3) is 0.700. The summed E-state index contributed by atoms with van der Waals surface area (Å²) < 4.78 is 36.3. The zero-order valence-corrected chi connectivity index (χ0v) is 14.7. The van der Waals surface area contributed by atoms with E-state index in [1.54, 1.807) is 0 Å². The molecule has 164 valence electrons. The van der Waals surface area contributed by atoms with Crippen molar-refractivity contribution in [1.29, 1.82) is 0 Å². The van der Waals surface area contributed by atoms with E-state index in [2.05, 4.69) is 5.32 Å². The molecule has 0 aliphatic carbocycles. The average molecular weight is 435 g/mol. The van der Waals surface area contributed by atoms with Gasteiger partial charge in [0, 0.05) is 0 Å². The molecule has 13 N–H and O–H groups in total.